The summed E-state index contributed by atoms with van der Waals surface area (Å²) in [5.74, 6) is -0.0885. The molecule has 0 aromatic heterocycles. The Bertz CT molecular complexity index is 1290. The van der Waals surface area contributed by atoms with E-state index < -0.39 is 5.97 Å². The summed E-state index contributed by atoms with van der Waals surface area (Å²) in [5, 5.41) is 9.42. The molecule has 6 heteroatoms. The molecule has 1 unspecified atom stereocenters. The number of nitrogens with zero attached hydrogens (tertiary/aromatic N) is 1. The van der Waals surface area contributed by atoms with Gasteiger partial charge < -0.3 is 14.6 Å². The summed E-state index contributed by atoms with van der Waals surface area (Å²) in [7, 11) is 1.92. The van der Waals surface area contributed by atoms with Gasteiger partial charge in [-0.15, -0.1) is 0 Å². The van der Waals surface area contributed by atoms with E-state index in [1.54, 1.807) is 6.07 Å². The normalized spacial score (nSPS) is 12.0. The van der Waals surface area contributed by atoms with Gasteiger partial charge in [0.1, 0.15) is 5.75 Å². The molecule has 0 amide bonds. The molecule has 0 aliphatic heterocycles. The van der Waals surface area contributed by atoms with Gasteiger partial charge in [-0.2, -0.15) is 0 Å². The van der Waals surface area contributed by atoms with Crippen LogP contribution in [-0.4, -0.2) is 55.3 Å². The number of esters is 1. The van der Waals surface area contributed by atoms with Gasteiger partial charge in [0.15, 0.2) is 0 Å². The Morgan fingerprint density at radius 1 is 0.952 bits per heavy atom. The molecule has 224 valence electrons. The highest BCUT2D eigenvalue weighted by Gasteiger charge is 2.14. The molecule has 3 aromatic carbocycles. The van der Waals surface area contributed by atoms with E-state index >= 15 is 0 Å². The third-order valence-electron chi connectivity index (χ3n) is 7.28. The molecule has 0 spiro atoms. The van der Waals surface area contributed by atoms with Gasteiger partial charge in [0.05, 0.1) is 25.3 Å². The van der Waals surface area contributed by atoms with Gasteiger partial charge in [0.25, 0.3) is 0 Å². The van der Waals surface area contributed by atoms with Crippen molar-refractivity contribution in [2.75, 3.05) is 33.4 Å². The Hall–Kier alpha value is -3.90. The highest BCUT2D eigenvalue weighted by atomic mass is 16.5. The van der Waals surface area contributed by atoms with E-state index in [1.807, 2.05) is 56.1 Å². The summed E-state index contributed by atoms with van der Waals surface area (Å²) in [6.45, 7) is 5.67. The third kappa shape index (κ3) is 11.5. The first-order valence-corrected chi connectivity index (χ1v) is 15.0. The lowest BCUT2D eigenvalue weighted by Crippen LogP contribution is -2.29. The highest BCUT2D eigenvalue weighted by molar-refractivity contribution is 5.89. The van der Waals surface area contributed by atoms with Crippen LogP contribution in [0.4, 0.5) is 0 Å². The molecule has 0 fully saturated rings. The van der Waals surface area contributed by atoms with E-state index in [2.05, 4.69) is 48.6 Å². The Morgan fingerprint density at radius 3 is 2.45 bits per heavy atom. The number of benzene rings is 3. The molecule has 0 bridgehead atoms. The lowest BCUT2D eigenvalue weighted by molar-refractivity contribution is -0.144. The van der Waals surface area contributed by atoms with Crippen molar-refractivity contribution in [2.45, 2.75) is 52.4 Å². The summed E-state index contributed by atoms with van der Waals surface area (Å²) < 4.78 is 11.3. The lowest BCUT2D eigenvalue weighted by Gasteiger charge is -2.20. The van der Waals surface area contributed by atoms with Crippen LogP contribution < -0.4 is 4.74 Å². The van der Waals surface area contributed by atoms with E-state index in [1.165, 1.54) is 5.56 Å². The van der Waals surface area contributed by atoms with E-state index in [9.17, 15) is 14.7 Å². The van der Waals surface area contributed by atoms with Crippen LogP contribution >= 0.6 is 0 Å². The number of hydrogen-bond acceptors (Lipinski definition) is 5. The molecule has 0 aliphatic carbocycles. The summed E-state index contributed by atoms with van der Waals surface area (Å²) in [4.78, 5) is 25.4. The van der Waals surface area contributed by atoms with E-state index in [4.69, 9.17) is 9.47 Å². The molecule has 1 N–H and O–H groups in total. The summed E-state index contributed by atoms with van der Waals surface area (Å²) >= 11 is 0. The number of carbonyl (C=O) groups is 2. The standard InChI is InChI=1S/C36H45NO5/c1-4-41-35(38)27-37(3)23-22-30(26-31-19-21-33(36(39)40)28(2)25-31)18-20-32-16-10-11-17-34(32)42-24-12-6-9-15-29-13-7-5-8-14-29/h5,7-8,10-11,13-14,16-21,25,30H,4,6,9,12,15,22-24,26-27H2,1-3H3,(H,39,40)/b20-18+. The molecule has 3 rings (SSSR count). The number of likely N-dealkylation sites (N-methyl/N-ethyl adjacent to an activating group) is 1. The van der Waals surface area contributed by atoms with Gasteiger partial charge in [-0.3, -0.25) is 9.69 Å². The Labute approximate surface area is 251 Å². The van der Waals surface area contributed by atoms with Crippen LogP contribution in [0.5, 0.6) is 5.75 Å². The lowest BCUT2D eigenvalue weighted by atomic mass is 9.93. The zero-order chi connectivity index (χ0) is 30.2. The van der Waals surface area contributed by atoms with Crippen LogP contribution in [0.15, 0.2) is 78.9 Å². The number of aryl methyl sites for hydroxylation is 2. The average molecular weight is 572 g/mol. The number of ether oxygens (including phenoxy) is 2. The minimum absolute atomic E-state index is 0.177. The van der Waals surface area contributed by atoms with Crippen LogP contribution in [0.2, 0.25) is 0 Å². The van der Waals surface area contributed by atoms with Crippen molar-refractivity contribution in [2.24, 2.45) is 5.92 Å². The smallest absolute Gasteiger partial charge is 0.335 e. The first kappa shape index (κ1) is 32.6. The summed E-state index contributed by atoms with van der Waals surface area (Å²) in [6, 6.07) is 24.2. The second-order valence-electron chi connectivity index (χ2n) is 10.8. The Kier molecular flexibility index (Phi) is 13.8. The van der Waals surface area contributed by atoms with Crippen LogP contribution in [0.3, 0.4) is 0 Å². The first-order chi connectivity index (χ1) is 20.4. The maximum absolute atomic E-state index is 11.9. The third-order valence-corrected chi connectivity index (χ3v) is 7.28. The predicted octanol–water partition coefficient (Wildman–Crippen LogP) is 7.24. The number of allylic oxidation sites excluding steroid dienone is 1. The highest BCUT2D eigenvalue weighted by Crippen LogP contribution is 2.24. The molecule has 0 radical (unpaired) electrons. The second-order valence-corrected chi connectivity index (χ2v) is 10.8. The van der Waals surface area contributed by atoms with Crippen LogP contribution in [0.1, 0.15) is 65.2 Å². The number of carbonyl (C=O) groups excluding carboxylic acids is 1. The first-order valence-electron chi connectivity index (χ1n) is 15.0. The molecule has 0 heterocycles. The maximum Gasteiger partial charge on any atom is 0.335 e. The van der Waals surface area contributed by atoms with Crippen molar-refractivity contribution >= 4 is 18.0 Å². The topological polar surface area (TPSA) is 76.1 Å². The SMILES string of the molecule is CCOC(=O)CN(C)CCC(/C=C/c1ccccc1OCCCCCc1ccccc1)Cc1ccc(C(=O)O)c(C)c1. The van der Waals surface area contributed by atoms with E-state index in [-0.39, 0.29) is 18.4 Å². The number of carboxylic acid groups (broad SMARTS) is 1. The minimum atomic E-state index is -0.913. The number of para-hydroxylation sites is 1. The monoisotopic (exact) mass is 571 g/mol. The quantitative estimate of drug-likeness (QED) is 0.128. The zero-order valence-corrected chi connectivity index (χ0v) is 25.3. The number of carboxylic acids is 1. The van der Waals surface area contributed by atoms with Crippen molar-refractivity contribution < 1.29 is 24.2 Å². The minimum Gasteiger partial charge on any atom is -0.493 e. The van der Waals surface area contributed by atoms with Crippen LogP contribution in [0, 0.1) is 12.8 Å². The average Bonchev–Trinajstić information content (AvgIpc) is 2.97. The van der Waals surface area contributed by atoms with Crippen molar-refractivity contribution in [1.82, 2.24) is 4.90 Å². The zero-order valence-electron chi connectivity index (χ0n) is 25.3. The van der Waals surface area contributed by atoms with Crippen molar-refractivity contribution in [3.05, 3.63) is 107 Å². The number of rotatable bonds is 18. The van der Waals surface area contributed by atoms with Crippen LogP contribution in [0.25, 0.3) is 6.08 Å². The molecule has 1 atom stereocenters. The van der Waals surface area contributed by atoms with E-state index in [0.29, 0.717) is 18.8 Å². The van der Waals surface area contributed by atoms with Crippen molar-refractivity contribution in [3.63, 3.8) is 0 Å². The number of unbranched alkanes of at least 4 members (excludes halogenated alkanes) is 2. The fraction of sp³-hybridized carbons (Fsp3) is 0.389. The molecule has 42 heavy (non-hydrogen) atoms. The van der Waals surface area contributed by atoms with Gasteiger partial charge >= 0.3 is 11.9 Å². The molecular formula is C36H45NO5. The van der Waals surface area contributed by atoms with Gasteiger partial charge in [-0.05, 0) is 101 Å². The summed E-state index contributed by atoms with van der Waals surface area (Å²) in [5.41, 5.74) is 4.57. The molecular weight excluding hydrogens is 526 g/mol. The van der Waals surface area contributed by atoms with Crippen molar-refractivity contribution in [1.29, 1.82) is 0 Å². The maximum atomic E-state index is 11.9. The molecule has 0 saturated carbocycles. The van der Waals surface area contributed by atoms with Gasteiger partial charge in [0, 0.05) is 5.56 Å². The Balaban J connectivity index is 1.62. The van der Waals surface area contributed by atoms with E-state index in [0.717, 1.165) is 67.5 Å². The van der Waals surface area contributed by atoms with Gasteiger partial charge in [-0.1, -0.05) is 72.8 Å². The Morgan fingerprint density at radius 2 is 1.71 bits per heavy atom. The molecule has 0 aliphatic rings. The van der Waals surface area contributed by atoms with Crippen molar-refractivity contribution in [3.8, 4) is 5.75 Å². The van der Waals surface area contributed by atoms with Crippen LogP contribution in [-0.2, 0) is 22.4 Å². The predicted molar refractivity (Wildman–Crippen MR) is 169 cm³/mol. The van der Waals surface area contributed by atoms with Gasteiger partial charge in [0.2, 0.25) is 0 Å². The molecule has 0 saturated heterocycles. The second kappa shape index (κ2) is 17.8. The molecule has 3 aromatic rings. The number of aromatic carboxylic acids is 1. The van der Waals surface area contributed by atoms with Gasteiger partial charge in [-0.25, -0.2) is 4.79 Å². The fourth-order valence-corrected chi connectivity index (χ4v) is 4.98. The summed E-state index contributed by atoms with van der Waals surface area (Å²) in [6.07, 6.45) is 10.3. The fourth-order valence-electron chi connectivity index (χ4n) is 4.98. The largest absolute Gasteiger partial charge is 0.493 e. The molecule has 6 nitrogen and oxygen atoms in total. The number of hydrogen-bond donors (Lipinski definition) is 1.